The number of hydrogen-bond acceptors (Lipinski definition) is 5. The van der Waals surface area contributed by atoms with Crippen LogP contribution >= 0.6 is 11.8 Å². The lowest BCUT2D eigenvalue weighted by Gasteiger charge is -2.03. The van der Waals surface area contributed by atoms with Crippen molar-refractivity contribution in [3.63, 3.8) is 0 Å². The summed E-state index contributed by atoms with van der Waals surface area (Å²) in [6, 6.07) is 0. The number of amidine groups is 1. The molecule has 0 bridgehead atoms. The highest BCUT2D eigenvalue weighted by molar-refractivity contribution is 7.99. The highest BCUT2D eigenvalue weighted by atomic mass is 32.2. The van der Waals surface area contributed by atoms with E-state index in [-0.39, 0.29) is 12.4 Å². The SMILES string of the molecule is N=C(N)c1nccnc1SCCO. The van der Waals surface area contributed by atoms with Gasteiger partial charge >= 0.3 is 0 Å². The maximum atomic E-state index is 8.60. The molecule has 1 aromatic heterocycles. The molecule has 0 atom stereocenters. The van der Waals surface area contributed by atoms with Gasteiger partial charge in [-0.15, -0.1) is 11.8 Å². The van der Waals surface area contributed by atoms with Crippen LogP contribution in [-0.2, 0) is 0 Å². The van der Waals surface area contributed by atoms with Crippen molar-refractivity contribution in [2.45, 2.75) is 5.03 Å². The molecule has 0 saturated heterocycles. The van der Waals surface area contributed by atoms with Gasteiger partial charge in [0.05, 0.1) is 6.61 Å². The van der Waals surface area contributed by atoms with Crippen LogP contribution in [0.5, 0.6) is 0 Å². The number of nitrogen functional groups attached to an aromatic ring is 1. The highest BCUT2D eigenvalue weighted by Crippen LogP contribution is 2.16. The number of aliphatic hydroxyl groups is 1. The van der Waals surface area contributed by atoms with Crippen molar-refractivity contribution in [2.24, 2.45) is 5.73 Å². The Morgan fingerprint density at radius 2 is 2.23 bits per heavy atom. The first-order valence-electron chi connectivity index (χ1n) is 3.64. The summed E-state index contributed by atoms with van der Waals surface area (Å²) < 4.78 is 0. The van der Waals surface area contributed by atoms with Crippen LogP contribution < -0.4 is 5.73 Å². The summed E-state index contributed by atoms with van der Waals surface area (Å²) in [6.45, 7) is 0.0680. The molecule has 5 nitrogen and oxygen atoms in total. The van der Waals surface area contributed by atoms with E-state index >= 15 is 0 Å². The molecule has 0 amide bonds. The summed E-state index contributed by atoms with van der Waals surface area (Å²) >= 11 is 1.33. The molecule has 1 rings (SSSR count). The minimum atomic E-state index is -0.103. The van der Waals surface area contributed by atoms with E-state index in [2.05, 4.69) is 9.97 Å². The minimum Gasteiger partial charge on any atom is -0.396 e. The largest absolute Gasteiger partial charge is 0.396 e. The van der Waals surface area contributed by atoms with Gasteiger partial charge in [-0.1, -0.05) is 0 Å². The molecule has 0 aliphatic heterocycles. The second-order valence-corrected chi connectivity index (χ2v) is 3.28. The maximum Gasteiger partial charge on any atom is 0.144 e. The molecule has 0 saturated carbocycles. The molecular weight excluding hydrogens is 188 g/mol. The minimum absolute atomic E-state index is 0.0680. The van der Waals surface area contributed by atoms with Crippen molar-refractivity contribution >= 4 is 17.6 Å². The molecule has 0 aromatic carbocycles. The van der Waals surface area contributed by atoms with Gasteiger partial charge < -0.3 is 10.8 Å². The second kappa shape index (κ2) is 4.78. The molecule has 1 aromatic rings. The van der Waals surface area contributed by atoms with Crippen molar-refractivity contribution in [2.75, 3.05) is 12.4 Å². The Kier molecular flexibility index (Phi) is 3.66. The van der Waals surface area contributed by atoms with E-state index in [1.165, 1.54) is 24.2 Å². The van der Waals surface area contributed by atoms with E-state index < -0.39 is 0 Å². The van der Waals surface area contributed by atoms with Gasteiger partial charge in [0, 0.05) is 18.1 Å². The van der Waals surface area contributed by atoms with Gasteiger partial charge in [-0.2, -0.15) is 0 Å². The Hall–Kier alpha value is -1.14. The summed E-state index contributed by atoms with van der Waals surface area (Å²) in [4.78, 5) is 7.92. The Bertz CT molecular complexity index is 304. The Balaban J connectivity index is 2.84. The van der Waals surface area contributed by atoms with Gasteiger partial charge in [0.2, 0.25) is 0 Å². The lowest BCUT2D eigenvalue weighted by atomic mass is 10.4. The predicted molar refractivity (Wildman–Crippen MR) is 50.9 cm³/mol. The number of nitrogens with one attached hydrogen (secondary N) is 1. The molecule has 4 N–H and O–H groups in total. The topological polar surface area (TPSA) is 95.9 Å². The molecule has 0 unspecified atom stereocenters. The summed E-state index contributed by atoms with van der Waals surface area (Å²) in [5.41, 5.74) is 5.67. The summed E-state index contributed by atoms with van der Waals surface area (Å²) in [5.74, 6) is 0.424. The average Bonchev–Trinajstić information content (AvgIpc) is 2.15. The molecule has 1 heterocycles. The first-order valence-corrected chi connectivity index (χ1v) is 4.63. The monoisotopic (exact) mass is 198 g/mol. The number of nitrogens with two attached hydrogens (primary N) is 1. The van der Waals surface area contributed by atoms with Crippen LogP contribution in [-0.4, -0.2) is 33.3 Å². The van der Waals surface area contributed by atoms with Gasteiger partial charge in [-0.25, -0.2) is 9.97 Å². The van der Waals surface area contributed by atoms with Crippen molar-refractivity contribution in [1.82, 2.24) is 9.97 Å². The molecule has 70 valence electrons. The molecule has 0 fully saturated rings. The van der Waals surface area contributed by atoms with Crippen molar-refractivity contribution in [3.8, 4) is 0 Å². The first kappa shape index (κ1) is 9.94. The van der Waals surface area contributed by atoms with Crippen LogP contribution in [0.15, 0.2) is 17.4 Å². The summed E-state index contributed by atoms with van der Waals surface area (Å²) in [6.07, 6.45) is 3.02. The van der Waals surface area contributed by atoms with Crippen molar-refractivity contribution < 1.29 is 5.11 Å². The third kappa shape index (κ3) is 2.67. The van der Waals surface area contributed by atoms with Gasteiger partial charge in [0.1, 0.15) is 16.6 Å². The van der Waals surface area contributed by atoms with Gasteiger partial charge in [-0.05, 0) is 0 Å². The molecular formula is C7H10N4OS. The molecule has 0 spiro atoms. The van der Waals surface area contributed by atoms with Crippen LogP contribution in [0.1, 0.15) is 5.69 Å². The summed E-state index contributed by atoms with van der Waals surface area (Å²) in [5, 5.41) is 16.4. The molecule has 6 heteroatoms. The summed E-state index contributed by atoms with van der Waals surface area (Å²) in [7, 11) is 0. The fourth-order valence-corrected chi connectivity index (χ4v) is 1.48. The number of aliphatic hydroxyl groups excluding tert-OH is 1. The normalized spacial score (nSPS) is 9.92. The highest BCUT2D eigenvalue weighted by Gasteiger charge is 2.07. The molecule has 0 radical (unpaired) electrons. The third-order valence-corrected chi connectivity index (χ3v) is 2.21. The average molecular weight is 198 g/mol. The van der Waals surface area contributed by atoms with E-state index in [0.29, 0.717) is 16.5 Å². The Morgan fingerprint density at radius 1 is 1.54 bits per heavy atom. The second-order valence-electron chi connectivity index (χ2n) is 2.20. The van der Waals surface area contributed by atoms with Crippen LogP contribution in [0.2, 0.25) is 0 Å². The Morgan fingerprint density at radius 3 is 2.85 bits per heavy atom. The number of hydrogen-bond donors (Lipinski definition) is 3. The van der Waals surface area contributed by atoms with Gasteiger partial charge in [0.25, 0.3) is 0 Å². The van der Waals surface area contributed by atoms with E-state index in [4.69, 9.17) is 16.2 Å². The van der Waals surface area contributed by atoms with Crippen molar-refractivity contribution in [1.29, 1.82) is 5.41 Å². The fourth-order valence-electron chi connectivity index (χ4n) is 0.758. The third-order valence-electron chi connectivity index (χ3n) is 1.25. The standard InChI is InChI=1S/C7H10N4OS/c8-6(9)5-7(13-4-3-12)11-2-1-10-5/h1-2,12H,3-4H2,(H3,8,9). The van der Waals surface area contributed by atoms with Crippen LogP contribution in [0.3, 0.4) is 0 Å². The lowest BCUT2D eigenvalue weighted by Crippen LogP contribution is -2.15. The predicted octanol–water partition coefficient (Wildman–Crippen LogP) is -0.155. The number of nitrogens with zero attached hydrogens (tertiary/aromatic N) is 2. The van der Waals surface area contributed by atoms with Gasteiger partial charge in [-0.3, -0.25) is 5.41 Å². The lowest BCUT2D eigenvalue weighted by molar-refractivity contribution is 0.322. The molecule has 0 aliphatic carbocycles. The maximum absolute atomic E-state index is 8.60. The van der Waals surface area contributed by atoms with Gasteiger partial charge in [0.15, 0.2) is 0 Å². The van der Waals surface area contributed by atoms with E-state index in [9.17, 15) is 0 Å². The first-order chi connectivity index (χ1) is 6.25. The van der Waals surface area contributed by atoms with E-state index in [1.54, 1.807) is 0 Å². The number of thioether (sulfide) groups is 1. The number of aromatic nitrogens is 2. The smallest absolute Gasteiger partial charge is 0.144 e. The molecule has 0 aliphatic rings. The van der Waals surface area contributed by atoms with E-state index in [0.717, 1.165) is 0 Å². The van der Waals surface area contributed by atoms with Crippen LogP contribution in [0.4, 0.5) is 0 Å². The molecule has 13 heavy (non-hydrogen) atoms. The number of rotatable bonds is 4. The van der Waals surface area contributed by atoms with Crippen LogP contribution in [0, 0.1) is 5.41 Å². The quantitative estimate of drug-likeness (QED) is 0.355. The zero-order valence-corrected chi connectivity index (χ0v) is 7.71. The fraction of sp³-hybridized carbons (Fsp3) is 0.286. The van der Waals surface area contributed by atoms with Crippen molar-refractivity contribution in [3.05, 3.63) is 18.1 Å². The zero-order valence-electron chi connectivity index (χ0n) is 6.90. The van der Waals surface area contributed by atoms with Crippen LogP contribution in [0.25, 0.3) is 0 Å². The van der Waals surface area contributed by atoms with E-state index in [1.807, 2.05) is 0 Å². The zero-order chi connectivity index (χ0) is 9.68. The Labute approximate surface area is 79.9 Å².